The molecule has 2 atom stereocenters. The quantitative estimate of drug-likeness (QED) is 0.610. The molecule has 0 spiro atoms. The number of carbonyl (C=O) groups is 1. The van der Waals surface area contributed by atoms with Crippen molar-refractivity contribution in [3.8, 4) is 11.5 Å². The molecule has 1 aliphatic carbocycles. The average molecular weight is 385 g/mol. The van der Waals surface area contributed by atoms with Gasteiger partial charge in [0.15, 0.2) is 11.3 Å². The lowest BCUT2D eigenvalue weighted by molar-refractivity contribution is -0.131. The van der Waals surface area contributed by atoms with Crippen LogP contribution in [-0.4, -0.2) is 33.6 Å². The van der Waals surface area contributed by atoms with Gasteiger partial charge >= 0.3 is 5.63 Å². The number of likely N-dealkylation sites (tertiary alicyclic amines) is 1. The first-order valence-corrected chi connectivity index (χ1v) is 9.76. The molecule has 2 aliphatic rings. The number of hydrogen-bond acceptors (Lipinski definition) is 5. The number of aromatic hydroxyl groups is 2. The second-order valence-electron chi connectivity index (χ2n) is 9.72. The molecule has 0 unspecified atom stereocenters. The van der Waals surface area contributed by atoms with Crippen LogP contribution in [0.1, 0.15) is 51.2 Å². The van der Waals surface area contributed by atoms with Crippen LogP contribution in [0, 0.1) is 17.8 Å². The van der Waals surface area contributed by atoms with E-state index in [2.05, 4.69) is 20.8 Å². The smallest absolute Gasteiger partial charge is 0.340 e. The molecule has 1 aromatic carbocycles. The van der Waals surface area contributed by atoms with Crippen LogP contribution in [0.15, 0.2) is 21.3 Å². The number of amides is 1. The zero-order chi connectivity index (χ0) is 20.4. The van der Waals surface area contributed by atoms with E-state index in [1.807, 2.05) is 4.90 Å². The van der Waals surface area contributed by atoms with E-state index in [4.69, 9.17) is 4.42 Å². The van der Waals surface area contributed by atoms with Crippen LogP contribution in [0.3, 0.4) is 0 Å². The maximum atomic E-state index is 13.1. The van der Waals surface area contributed by atoms with Crippen LogP contribution in [-0.2, 0) is 11.2 Å². The van der Waals surface area contributed by atoms with Crippen LogP contribution < -0.4 is 5.63 Å². The van der Waals surface area contributed by atoms with Gasteiger partial charge in [-0.2, -0.15) is 0 Å². The lowest BCUT2D eigenvalue weighted by atomic mass is 9.65. The van der Waals surface area contributed by atoms with Crippen molar-refractivity contribution in [2.45, 2.75) is 59.4 Å². The maximum absolute atomic E-state index is 13.1. The van der Waals surface area contributed by atoms with Gasteiger partial charge < -0.3 is 19.5 Å². The zero-order valence-corrected chi connectivity index (χ0v) is 16.8. The van der Waals surface area contributed by atoms with Crippen LogP contribution in [0.2, 0.25) is 0 Å². The second-order valence-corrected chi connectivity index (χ2v) is 9.72. The topological polar surface area (TPSA) is 91.0 Å². The first-order valence-electron chi connectivity index (χ1n) is 9.76. The van der Waals surface area contributed by atoms with Gasteiger partial charge in [0.25, 0.3) is 0 Å². The highest BCUT2D eigenvalue weighted by Crippen LogP contribution is 2.52. The highest BCUT2D eigenvalue weighted by atomic mass is 16.4. The minimum Gasteiger partial charge on any atom is -0.504 e. The Kier molecular flexibility index (Phi) is 4.04. The van der Waals surface area contributed by atoms with Crippen molar-refractivity contribution in [1.29, 1.82) is 0 Å². The predicted octanol–water partition coefficient (Wildman–Crippen LogP) is 3.48. The van der Waals surface area contributed by atoms with E-state index in [1.165, 1.54) is 6.07 Å². The summed E-state index contributed by atoms with van der Waals surface area (Å²) < 4.78 is 5.25. The highest BCUT2D eigenvalue weighted by Gasteiger charge is 2.50. The summed E-state index contributed by atoms with van der Waals surface area (Å²) in [4.78, 5) is 27.6. The molecule has 0 radical (unpaired) electrons. The van der Waals surface area contributed by atoms with E-state index < -0.39 is 11.4 Å². The maximum Gasteiger partial charge on any atom is 0.340 e. The van der Waals surface area contributed by atoms with Crippen molar-refractivity contribution in [3.05, 3.63) is 33.7 Å². The average Bonchev–Trinajstić information content (AvgIpc) is 2.84. The van der Waals surface area contributed by atoms with Crippen molar-refractivity contribution in [3.63, 3.8) is 0 Å². The van der Waals surface area contributed by atoms with Gasteiger partial charge in [0, 0.05) is 18.0 Å². The van der Waals surface area contributed by atoms with E-state index in [1.54, 1.807) is 13.0 Å². The van der Waals surface area contributed by atoms with E-state index in [0.29, 0.717) is 16.5 Å². The predicted molar refractivity (Wildman–Crippen MR) is 105 cm³/mol. The van der Waals surface area contributed by atoms with E-state index in [9.17, 15) is 19.8 Å². The number of nitrogens with zero attached hydrogens (tertiary/aromatic N) is 1. The first kappa shape index (κ1) is 18.8. The van der Waals surface area contributed by atoms with Crippen LogP contribution in [0.25, 0.3) is 11.0 Å². The summed E-state index contributed by atoms with van der Waals surface area (Å²) in [5.41, 5.74) is 0.563. The van der Waals surface area contributed by atoms with Gasteiger partial charge in [-0.25, -0.2) is 4.79 Å². The lowest BCUT2D eigenvalue weighted by Crippen LogP contribution is -2.39. The fraction of sp³-hybridized carbons (Fsp3) is 0.545. The fourth-order valence-corrected chi connectivity index (χ4v) is 5.64. The Morgan fingerprint density at radius 1 is 1.25 bits per heavy atom. The number of phenols is 2. The third kappa shape index (κ3) is 2.95. The van der Waals surface area contributed by atoms with Gasteiger partial charge in [0.1, 0.15) is 0 Å². The normalized spacial score (nSPS) is 26.0. The third-order valence-corrected chi connectivity index (χ3v) is 6.47. The summed E-state index contributed by atoms with van der Waals surface area (Å²) in [7, 11) is 0. The van der Waals surface area contributed by atoms with Crippen molar-refractivity contribution in [2.75, 3.05) is 6.54 Å². The summed E-state index contributed by atoms with van der Waals surface area (Å²) >= 11 is 0. The number of aryl methyl sites for hydroxylation is 1. The molecule has 2 fully saturated rings. The number of hydrogen-bond donors (Lipinski definition) is 2. The Morgan fingerprint density at radius 2 is 1.96 bits per heavy atom. The molecule has 2 aromatic rings. The number of rotatable bonds is 2. The molecule has 1 amide bonds. The zero-order valence-electron chi connectivity index (χ0n) is 16.8. The molecule has 6 heteroatoms. The Hall–Kier alpha value is -2.50. The Balaban J connectivity index is 1.67. The van der Waals surface area contributed by atoms with E-state index >= 15 is 0 Å². The Labute approximate surface area is 163 Å². The van der Waals surface area contributed by atoms with E-state index in [0.717, 1.165) is 25.8 Å². The van der Waals surface area contributed by atoms with E-state index in [-0.39, 0.29) is 40.5 Å². The van der Waals surface area contributed by atoms with Gasteiger partial charge in [-0.15, -0.1) is 0 Å². The highest BCUT2D eigenvalue weighted by molar-refractivity contribution is 5.89. The van der Waals surface area contributed by atoms with Crippen molar-refractivity contribution in [2.24, 2.45) is 10.8 Å². The molecule has 150 valence electrons. The number of fused-ring (bicyclic) bond motifs is 3. The standard InChI is InChI=1S/C22H27NO5/c1-12-14-5-6-16(24)18(26)19(14)28-20(27)15(12)7-17(25)23-11-22(4)9-13(23)8-21(2,3)10-22/h5-6,13,24,26H,7-11H2,1-4H3/t13-,22+/m0/s1. The van der Waals surface area contributed by atoms with Gasteiger partial charge in [-0.1, -0.05) is 20.8 Å². The molecule has 1 aliphatic heterocycles. The molecule has 6 nitrogen and oxygen atoms in total. The first-order chi connectivity index (χ1) is 13.0. The summed E-state index contributed by atoms with van der Waals surface area (Å²) in [5.74, 6) is -0.859. The molecule has 28 heavy (non-hydrogen) atoms. The summed E-state index contributed by atoms with van der Waals surface area (Å²) in [6, 6.07) is 3.15. The van der Waals surface area contributed by atoms with Crippen molar-refractivity contribution in [1.82, 2.24) is 4.90 Å². The van der Waals surface area contributed by atoms with Crippen LogP contribution in [0.5, 0.6) is 11.5 Å². The lowest BCUT2D eigenvalue weighted by Gasteiger charge is -2.39. The molecule has 4 rings (SSSR count). The van der Waals surface area contributed by atoms with Gasteiger partial charge in [0.2, 0.25) is 11.7 Å². The summed E-state index contributed by atoms with van der Waals surface area (Å²) in [6.45, 7) is 9.24. The van der Waals surface area contributed by atoms with Gasteiger partial charge in [-0.05, 0) is 54.7 Å². The van der Waals surface area contributed by atoms with Crippen LogP contribution in [0.4, 0.5) is 0 Å². The molecule has 2 bridgehead atoms. The van der Waals surface area contributed by atoms with Gasteiger partial charge in [0.05, 0.1) is 12.0 Å². The number of phenolic OH excluding ortho intramolecular Hbond substituents is 2. The molecule has 2 N–H and O–H groups in total. The number of benzene rings is 1. The molecule has 1 saturated carbocycles. The Bertz CT molecular complexity index is 1040. The minimum absolute atomic E-state index is 0.0151. The summed E-state index contributed by atoms with van der Waals surface area (Å²) in [5, 5.41) is 20.1. The molecular weight excluding hydrogens is 358 g/mol. The molecular formula is C22H27NO5. The van der Waals surface area contributed by atoms with Crippen LogP contribution >= 0.6 is 0 Å². The van der Waals surface area contributed by atoms with Gasteiger partial charge in [-0.3, -0.25) is 4.79 Å². The molecule has 1 aromatic heterocycles. The monoisotopic (exact) mass is 385 g/mol. The SMILES string of the molecule is Cc1c(CC(=O)N2C[C@]3(C)C[C@@H]2CC(C)(C)C3)c(=O)oc2c(O)c(O)ccc12. The second kappa shape index (κ2) is 6.00. The summed E-state index contributed by atoms with van der Waals surface area (Å²) in [6.07, 6.45) is 3.08. The molecule has 1 saturated heterocycles. The Morgan fingerprint density at radius 3 is 2.68 bits per heavy atom. The fourth-order valence-electron chi connectivity index (χ4n) is 5.64. The number of carbonyl (C=O) groups excluding carboxylic acids is 1. The third-order valence-electron chi connectivity index (χ3n) is 6.47. The van der Waals surface area contributed by atoms with Crippen molar-refractivity contribution >= 4 is 16.9 Å². The van der Waals surface area contributed by atoms with Crippen molar-refractivity contribution < 1.29 is 19.4 Å². The minimum atomic E-state index is -0.645. The largest absolute Gasteiger partial charge is 0.504 e. The molecule has 2 heterocycles.